The van der Waals surface area contributed by atoms with Crippen LogP contribution < -0.4 is 5.32 Å². The molecule has 1 aliphatic rings. The van der Waals surface area contributed by atoms with Gasteiger partial charge in [-0.15, -0.1) is 0 Å². The Kier molecular flexibility index (Phi) is 5.14. The first-order valence-corrected chi connectivity index (χ1v) is 7.32. The number of carboxylic acid groups (broad SMARTS) is 1. The quantitative estimate of drug-likeness (QED) is 0.818. The van der Waals surface area contributed by atoms with Gasteiger partial charge in [0.05, 0.1) is 12.0 Å². The predicted molar refractivity (Wildman–Crippen MR) is 80.6 cm³/mol. The van der Waals surface area contributed by atoms with E-state index < -0.39 is 17.9 Å². The molecule has 4 nitrogen and oxygen atoms in total. The second-order valence-electron chi connectivity index (χ2n) is 5.51. The summed E-state index contributed by atoms with van der Waals surface area (Å²) in [4.78, 5) is 23.7. The van der Waals surface area contributed by atoms with E-state index in [2.05, 4.69) is 11.4 Å². The Balaban J connectivity index is 2.14. The Morgan fingerprint density at radius 2 is 1.95 bits per heavy atom. The van der Waals surface area contributed by atoms with Crippen molar-refractivity contribution in [2.75, 3.05) is 0 Å². The van der Waals surface area contributed by atoms with Crippen LogP contribution in [0, 0.1) is 11.8 Å². The number of nitrogens with one attached hydrogen (secondary N) is 1. The minimum Gasteiger partial charge on any atom is -0.481 e. The highest BCUT2D eigenvalue weighted by Gasteiger charge is 2.29. The first-order valence-electron chi connectivity index (χ1n) is 7.32. The molecule has 0 aromatic heterocycles. The van der Waals surface area contributed by atoms with Gasteiger partial charge in [-0.05, 0) is 31.7 Å². The predicted octanol–water partition coefficient (Wildman–Crippen LogP) is 2.92. The van der Waals surface area contributed by atoms with Gasteiger partial charge in [0.25, 0.3) is 0 Å². The Hall–Kier alpha value is -2.10. The van der Waals surface area contributed by atoms with E-state index in [1.807, 2.05) is 36.4 Å². The highest BCUT2D eigenvalue weighted by Crippen LogP contribution is 2.25. The molecule has 2 N–H and O–H groups in total. The minimum absolute atomic E-state index is 0.0535. The maximum Gasteiger partial charge on any atom is 0.308 e. The van der Waals surface area contributed by atoms with Crippen molar-refractivity contribution in [2.24, 2.45) is 11.8 Å². The second kappa shape index (κ2) is 7.07. The number of hydrogen-bond acceptors (Lipinski definition) is 2. The van der Waals surface area contributed by atoms with E-state index in [1.54, 1.807) is 6.92 Å². The van der Waals surface area contributed by atoms with Gasteiger partial charge in [-0.25, -0.2) is 0 Å². The molecule has 0 saturated heterocycles. The second-order valence-corrected chi connectivity index (χ2v) is 5.51. The zero-order chi connectivity index (χ0) is 15.2. The van der Waals surface area contributed by atoms with Gasteiger partial charge in [0.1, 0.15) is 0 Å². The van der Waals surface area contributed by atoms with Crippen LogP contribution in [0.1, 0.15) is 37.8 Å². The lowest BCUT2D eigenvalue weighted by molar-refractivity contribution is -0.142. The van der Waals surface area contributed by atoms with Crippen LogP contribution in [0.15, 0.2) is 42.5 Å². The van der Waals surface area contributed by atoms with Crippen LogP contribution >= 0.6 is 0 Å². The van der Waals surface area contributed by atoms with E-state index >= 15 is 0 Å². The molecule has 112 valence electrons. The highest BCUT2D eigenvalue weighted by molar-refractivity contribution is 5.80. The number of aliphatic carboxylic acids is 1. The van der Waals surface area contributed by atoms with Crippen molar-refractivity contribution in [1.29, 1.82) is 0 Å². The van der Waals surface area contributed by atoms with Crippen LogP contribution in [-0.2, 0) is 9.59 Å². The SMILES string of the molecule is CC(C(=O)O)C(NC(=O)C1CC=CCC1)c1ccccc1. The van der Waals surface area contributed by atoms with Crippen LogP contribution in [0.4, 0.5) is 0 Å². The number of rotatable bonds is 5. The molecule has 0 heterocycles. The van der Waals surface area contributed by atoms with Crippen molar-refractivity contribution in [3.63, 3.8) is 0 Å². The molecule has 3 unspecified atom stereocenters. The highest BCUT2D eigenvalue weighted by atomic mass is 16.4. The normalized spacial score (nSPS) is 20.5. The van der Waals surface area contributed by atoms with Gasteiger partial charge in [-0.1, -0.05) is 42.5 Å². The first kappa shape index (κ1) is 15.3. The van der Waals surface area contributed by atoms with E-state index in [-0.39, 0.29) is 11.8 Å². The van der Waals surface area contributed by atoms with Gasteiger partial charge in [-0.2, -0.15) is 0 Å². The molecule has 4 heteroatoms. The first-order chi connectivity index (χ1) is 10.1. The molecule has 1 aliphatic carbocycles. The lowest BCUT2D eigenvalue weighted by Gasteiger charge is -2.26. The van der Waals surface area contributed by atoms with Gasteiger partial charge in [-0.3, -0.25) is 9.59 Å². The van der Waals surface area contributed by atoms with Crippen molar-refractivity contribution in [3.05, 3.63) is 48.0 Å². The Labute approximate surface area is 124 Å². The average molecular weight is 287 g/mol. The Bertz CT molecular complexity index is 524. The summed E-state index contributed by atoms with van der Waals surface area (Å²) in [6.45, 7) is 1.63. The summed E-state index contributed by atoms with van der Waals surface area (Å²) in [5.41, 5.74) is 0.826. The number of amides is 1. The molecule has 0 radical (unpaired) electrons. The molecular weight excluding hydrogens is 266 g/mol. The molecular formula is C17H21NO3. The Morgan fingerprint density at radius 1 is 1.24 bits per heavy atom. The van der Waals surface area contributed by atoms with Crippen LogP contribution in [0.3, 0.4) is 0 Å². The fraction of sp³-hybridized carbons (Fsp3) is 0.412. The maximum atomic E-state index is 12.4. The van der Waals surface area contributed by atoms with E-state index in [9.17, 15) is 14.7 Å². The van der Waals surface area contributed by atoms with Gasteiger partial charge in [0.15, 0.2) is 0 Å². The zero-order valence-electron chi connectivity index (χ0n) is 12.2. The van der Waals surface area contributed by atoms with Crippen LogP contribution in [0.5, 0.6) is 0 Å². The monoisotopic (exact) mass is 287 g/mol. The number of carboxylic acids is 1. The van der Waals surface area contributed by atoms with E-state index in [0.717, 1.165) is 24.8 Å². The van der Waals surface area contributed by atoms with Gasteiger partial charge in [0, 0.05) is 5.92 Å². The standard InChI is InChI=1S/C17H21NO3/c1-12(17(20)21)15(13-8-4-2-5-9-13)18-16(19)14-10-6-3-7-11-14/h2-6,8-9,12,14-15H,7,10-11H2,1H3,(H,18,19)(H,20,21). The van der Waals surface area contributed by atoms with Crippen molar-refractivity contribution >= 4 is 11.9 Å². The fourth-order valence-electron chi connectivity index (χ4n) is 2.60. The number of carbonyl (C=O) groups is 2. The number of allylic oxidation sites excluding steroid dienone is 2. The average Bonchev–Trinajstić information content (AvgIpc) is 2.53. The molecule has 0 fully saturated rings. The summed E-state index contributed by atoms with van der Waals surface area (Å²) in [6.07, 6.45) is 6.56. The third-order valence-corrected chi connectivity index (χ3v) is 3.99. The number of carbonyl (C=O) groups excluding carboxylic acids is 1. The molecule has 0 saturated carbocycles. The largest absolute Gasteiger partial charge is 0.481 e. The summed E-state index contributed by atoms with van der Waals surface area (Å²) in [5, 5.41) is 12.2. The molecule has 0 aliphatic heterocycles. The summed E-state index contributed by atoms with van der Waals surface area (Å²) in [6, 6.07) is 8.79. The lowest BCUT2D eigenvalue weighted by atomic mass is 9.90. The molecule has 2 rings (SSSR count). The molecule has 1 aromatic rings. The molecule has 1 amide bonds. The third kappa shape index (κ3) is 3.94. The maximum absolute atomic E-state index is 12.4. The van der Waals surface area contributed by atoms with Crippen molar-refractivity contribution in [2.45, 2.75) is 32.2 Å². The van der Waals surface area contributed by atoms with Gasteiger partial charge < -0.3 is 10.4 Å². The minimum atomic E-state index is -0.910. The molecule has 0 bridgehead atoms. The molecule has 21 heavy (non-hydrogen) atoms. The summed E-state index contributed by atoms with van der Waals surface area (Å²) in [7, 11) is 0. The van der Waals surface area contributed by atoms with Crippen molar-refractivity contribution in [1.82, 2.24) is 5.32 Å². The number of benzene rings is 1. The fourth-order valence-corrected chi connectivity index (χ4v) is 2.60. The third-order valence-electron chi connectivity index (χ3n) is 3.99. The molecule has 1 aromatic carbocycles. The molecule has 0 spiro atoms. The van der Waals surface area contributed by atoms with Crippen LogP contribution in [-0.4, -0.2) is 17.0 Å². The van der Waals surface area contributed by atoms with Gasteiger partial charge >= 0.3 is 5.97 Å². The lowest BCUT2D eigenvalue weighted by Crippen LogP contribution is -2.39. The van der Waals surface area contributed by atoms with E-state index in [1.165, 1.54) is 0 Å². The van der Waals surface area contributed by atoms with Crippen LogP contribution in [0.25, 0.3) is 0 Å². The van der Waals surface area contributed by atoms with Crippen LogP contribution in [0.2, 0.25) is 0 Å². The van der Waals surface area contributed by atoms with Crippen molar-refractivity contribution < 1.29 is 14.7 Å². The van der Waals surface area contributed by atoms with E-state index in [0.29, 0.717) is 0 Å². The zero-order valence-corrected chi connectivity index (χ0v) is 12.2. The van der Waals surface area contributed by atoms with Crippen molar-refractivity contribution in [3.8, 4) is 0 Å². The van der Waals surface area contributed by atoms with E-state index in [4.69, 9.17) is 0 Å². The smallest absolute Gasteiger partial charge is 0.308 e. The number of hydrogen-bond donors (Lipinski definition) is 2. The summed E-state index contributed by atoms with van der Waals surface area (Å²) in [5.74, 6) is -1.69. The Morgan fingerprint density at radius 3 is 2.52 bits per heavy atom. The topological polar surface area (TPSA) is 66.4 Å². The molecule has 3 atom stereocenters. The van der Waals surface area contributed by atoms with Gasteiger partial charge in [0.2, 0.25) is 5.91 Å². The summed E-state index contributed by atoms with van der Waals surface area (Å²) < 4.78 is 0. The summed E-state index contributed by atoms with van der Waals surface area (Å²) >= 11 is 0.